The Morgan fingerprint density at radius 3 is 2.70 bits per heavy atom. The smallest absolute Gasteiger partial charge is 0.338 e. The van der Waals surface area contributed by atoms with E-state index in [1.807, 2.05) is 36.5 Å². The third-order valence-electron chi connectivity index (χ3n) is 3.39. The topological polar surface area (TPSA) is 55.0 Å². The number of imidazole rings is 1. The number of ether oxygens (including phenoxy) is 1. The van der Waals surface area contributed by atoms with E-state index in [9.17, 15) is 4.79 Å². The van der Waals surface area contributed by atoms with E-state index >= 15 is 0 Å². The number of H-pyrrole nitrogens is 1. The molecule has 1 aromatic heterocycles. The summed E-state index contributed by atoms with van der Waals surface area (Å²) in [7, 11) is 0. The van der Waals surface area contributed by atoms with Crippen LogP contribution in [0.15, 0.2) is 61.1 Å². The molecule has 0 aliphatic rings. The van der Waals surface area contributed by atoms with Crippen molar-refractivity contribution >= 4 is 17.6 Å². The number of carbonyl (C=O) groups excluding carboxylic acids is 1. The summed E-state index contributed by atoms with van der Waals surface area (Å²) >= 11 is 5.83. The van der Waals surface area contributed by atoms with Crippen molar-refractivity contribution in [3.63, 3.8) is 0 Å². The molecule has 0 saturated heterocycles. The monoisotopic (exact) mass is 326 g/mol. The van der Waals surface area contributed by atoms with Crippen LogP contribution in [0.1, 0.15) is 27.2 Å². The number of benzene rings is 2. The maximum Gasteiger partial charge on any atom is 0.338 e. The molecule has 0 unspecified atom stereocenters. The largest absolute Gasteiger partial charge is 0.457 e. The molecule has 0 aliphatic heterocycles. The van der Waals surface area contributed by atoms with Crippen LogP contribution in [0.2, 0.25) is 5.02 Å². The minimum Gasteiger partial charge on any atom is -0.457 e. The second kappa shape index (κ2) is 7.11. The van der Waals surface area contributed by atoms with E-state index < -0.39 is 0 Å². The summed E-state index contributed by atoms with van der Waals surface area (Å²) in [4.78, 5) is 19.3. The molecule has 0 bridgehead atoms. The minimum atomic E-state index is -0.344. The van der Waals surface area contributed by atoms with Crippen molar-refractivity contribution < 1.29 is 9.53 Å². The number of nitrogens with zero attached hydrogens (tertiary/aromatic N) is 1. The number of esters is 1. The highest BCUT2D eigenvalue weighted by Gasteiger charge is 2.09. The van der Waals surface area contributed by atoms with E-state index in [-0.39, 0.29) is 12.6 Å². The fourth-order valence-corrected chi connectivity index (χ4v) is 2.34. The molecule has 4 nitrogen and oxygen atoms in total. The number of hydrogen-bond acceptors (Lipinski definition) is 3. The lowest BCUT2D eigenvalue weighted by Crippen LogP contribution is -2.06. The first kappa shape index (κ1) is 15.3. The highest BCUT2D eigenvalue weighted by Crippen LogP contribution is 2.13. The van der Waals surface area contributed by atoms with Gasteiger partial charge >= 0.3 is 5.97 Å². The lowest BCUT2D eigenvalue weighted by molar-refractivity contribution is 0.0472. The predicted octanol–water partition coefficient (Wildman–Crippen LogP) is 4.01. The Labute approximate surface area is 139 Å². The zero-order valence-electron chi connectivity index (χ0n) is 12.3. The van der Waals surface area contributed by atoms with Gasteiger partial charge in [0, 0.05) is 17.6 Å². The molecule has 0 radical (unpaired) electrons. The number of nitrogens with one attached hydrogen (secondary N) is 1. The van der Waals surface area contributed by atoms with Crippen LogP contribution in [-0.2, 0) is 17.8 Å². The first-order valence-electron chi connectivity index (χ1n) is 7.19. The van der Waals surface area contributed by atoms with Crippen molar-refractivity contribution in [2.45, 2.75) is 13.0 Å². The summed E-state index contributed by atoms with van der Waals surface area (Å²) in [6.45, 7) is 0.222. The summed E-state index contributed by atoms with van der Waals surface area (Å²) in [5, 5.41) is 0.658. The normalized spacial score (nSPS) is 10.5. The highest BCUT2D eigenvalue weighted by molar-refractivity contribution is 6.30. The molecule has 0 spiro atoms. The number of aromatic amines is 1. The van der Waals surface area contributed by atoms with Crippen molar-refractivity contribution in [1.82, 2.24) is 9.97 Å². The van der Waals surface area contributed by atoms with Crippen molar-refractivity contribution in [1.29, 1.82) is 0 Å². The molecule has 1 N–H and O–H groups in total. The molecule has 0 fully saturated rings. The standard InChI is InChI=1S/C18H15ClN2O2/c19-16-6-4-13(5-7-16)11-23-18(22)15-3-1-2-14(8-15)9-17-10-20-12-21-17/h1-8,10,12H,9,11H2,(H,20,21). The number of rotatable bonds is 5. The molecular formula is C18H15ClN2O2. The van der Waals surface area contributed by atoms with Crippen LogP contribution >= 0.6 is 11.6 Å². The van der Waals surface area contributed by atoms with Gasteiger partial charge in [0.2, 0.25) is 0 Å². The average molecular weight is 327 g/mol. The Morgan fingerprint density at radius 2 is 1.96 bits per heavy atom. The summed E-state index contributed by atoms with van der Waals surface area (Å²) in [6, 6.07) is 14.6. The van der Waals surface area contributed by atoms with Crippen LogP contribution in [0.25, 0.3) is 0 Å². The molecule has 23 heavy (non-hydrogen) atoms. The van der Waals surface area contributed by atoms with Gasteiger partial charge < -0.3 is 9.72 Å². The molecule has 3 aromatic rings. The van der Waals surface area contributed by atoms with Gasteiger partial charge in [-0.2, -0.15) is 0 Å². The van der Waals surface area contributed by atoms with Gasteiger partial charge in [0.05, 0.1) is 17.6 Å². The molecule has 1 heterocycles. The van der Waals surface area contributed by atoms with Crippen LogP contribution in [0.3, 0.4) is 0 Å². The fraction of sp³-hybridized carbons (Fsp3) is 0.111. The lowest BCUT2D eigenvalue weighted by atomic mass is 10.1. The van der Waals surface area contributed by atoms with Gasteiger partial charge in [-0.1, -0.05) is 35.9 Å². The zero-order chi connectivity index (χ0) is 16.1. The van der Waals surface area contributed by atoms with Crippen molar-refractivity contribution in [3.8, 4) is 0 Å². The van der Waals surface area contributed by atoms with Gasteiger partial charge in [-0.3, -0.25) is 0 Å². The van der Waals surface area contributed by atoms with Crippen LogP contribution in [0.5, 0.6) is 0 Å². The lowest BCUT2D eigenvalue weighted by Gasteiger charge is -2.06. The molecule has 0 aliphatic carbocycles. The van der Waals surface area contributed by atoms with Crippen LogP contribution in [-0.4, -0.2) is 15.9 Å². The van der Waals surface area contributed by atoms with Crippen molar-refractivity contribution in [3.05, 3.63) is 88.5 Å². The first-order valence-corrected chi connectivity index (χ1v) is 7.57. The van der Waals surface area contributed by atoms with E-state index in [2.05, 4.69) is 9.97 Å². The third-order valence-corrected chi connectivity index (χ3v) is 3.64. The maximum atomic E-state index is 12.2. The van der Waals surface area contributed by atoms with Gasteiger partial charge in [0.15, 0.2) is 0 Å². The third kappa shape index (κ3) is 4.20. The molecule has 2 aromatic carbocycles. The number of halogens is 1. The van der Waals surface area contributed by atoms with Crippen LogP contribution < -0.4 is 0 Å². The molecule has 0 amide bonds. The molecular weight excluding hydrogens is 312 g/mol. The Bertz CT molecular complexity index is 783. The van der Waals surface area contributed by atoms with Gasteiger partial charge in [-0.15, -0.1) is 0 Å². The van der Waals surface area contributed by atoms with Crippen LogP contribution in [0, 0.1) is 0 Å². The van der Waals surface area contributed by atoms with Crippen molar-refractivity contribution in [2.24, 2.45) is 0 Å². The second-order valence-electron chi connectivity index (χ2n) is 5.14. The van der Waals surface area contributed by atoms with E-state index in [0.717, 1.165) is 16.8 Å². The molecule has 0 atom stereocenters. The van der Waals surface area contributed by atoms with Crippen molar-refractivity contribution in [2.75, 3.05) is 0 Å². The summed E-state index contributed by atoms with van der Waals surface area (Å²) in [5.41, 5.74) is 3.37. The van der Waals surface area contributed by atoms with E-state index in [4.69, 9.17) is 16.3 Å². The quantitative estimate of drug-likeness (QED) is 0.721. The predicted molar refractivity (Wildman–Crippen MR) is 88.4 cm³/mol. The summed E-state index contributed by atoms with van der Waals surface area (Å²) < 4.78 is 5.34. The SMILES string of the molecule is O=C(OCc1ccc(Cl)cc1)c1cccc(Cc2c[nH]cn2)c1. The van der Waals surface area contributed by atoms with Gasteiger partial charge in [-0.25, -0.2) is 9.78 Å². The highest BCUT2D eigenvalue weighted by atomic mass is 35.5. The Balaban J connectivity index is 1.63. The average Bonchev–Trinajstić information content (AvgIpc) is 3.07. The van der Waals surface area contributed by atoms with Gasteiger partial charge in [0.1, 0.15) is 6.61 Å². The summed E-state index contributed by atoms with van der Waals surface area (Å²) in [6.07, 6.45) is 4.15. The number of carbonyl (C=O) groups is 1. The van der Waals surface area contributed by atoms with E-state index in [0.29, 0.717) is 17.0 Å². The van der Waals surface area contributed by atoms with Gasteiger partial charge in [-0.05, 0) is 35.4 Å². The van der Waals surface area contributed by atoms with Crippen LogP contribution in [0.4, 0.5) is 0 Å². The van der Waals surface area contributed by atoms with E-state index in [1.165, 1.54) is 0 Å². The Kier molecular flexibility index (Phi) is 4.74. The Morgan fingerprint density at radius 1 is 1.13 bits per heavy atom. The Hall–Kier alpha value is -2.59. The van der Waals surface area contributed by atoms with Gasteiger partial charge in [0.25, 0.3) is 0 Å². The van der Waals surface area contributed by atoms with E-state index in [1.54, 1.807) is 24.5 Å². The fourth-order valence-electron chi connectivity index (χ4n) is 2.22. The first-order chi connectivity index (χ1) is 11.2. The number of aromatic nitrogens is 2. The molecule has 3 rings (SSSR count). The molecule has 116 valence electrons. The minimum absolute atomic E-state index is 0.222. The summed E-state index contributed by atoms with van der Waals surface area (Å²) in [5.74, 6) is -0.344. The molecule has 0 saturated carbocycles. The number of hydrogen-bond donors (Lipinski definition) is 1. The molecule has 5 heteroatoms. The zero-order valence-corrected chi connectivity index (χ0v) is 13.1. The maximum absolute atomic E-state index is 12.2. The second-order valence-corrected chi connectivity index (χ2v) is 5.58.